The number of nitrogens with two attached hydrogens (primary N) is 1. The third-order valence-corrected chi connectivity index (χ3v) is 2.83. The highest BCUT2D eigenvalue weighted by molar-refractivity contribution is 7.80. The topological polar surface area (TPSA) is 30.9 Å². The molecular formula is C13H14N2S. The molecule has 1 aromatic heterocycles. The zero-order valence-electron chi connectivity index (χ0n) is 9.18. The van der Waals surface area contributed by atoms with Crippen molar-refractivity contribution in [3.63, 3.8) is 0 Å². The van der Waals surface area contributed by atoms with Crippen LogP contribution in [-0.4, -0.2) is 9.56 Å². The van der Waals surface area contributed by atoms with E-state index in [0.29, 0.717) is 4.99 Å². The minimum Gasteiger partial charge on any atom is -0.389 e. The molecule has 0 saturated heterocycles. The first-order chi connectivity index (χ1) is 7.66. The molecule has 0 aliphatic heterocycles. The number of thiocarbonyl (C=S) groups is 1. The van der Waals surface area contributed by atoms with Crippen molar-refractivity contribution in [1.82, 2.24) is 4.57 Å². The summed E-state index contributed by atoms with van der Waals surface area (Å²) in [7, 11) is 0. The fraction of sp³-hybridized carbons (Fsp3) is 0.154. The van der Waals surface area contributed by atoms with E-state index in [1.165, 1.54) is 11.3 Å². The summed E-state index contributed by atoms with van der Waals surface area (Å²) in [6.45, 7) is 2.92. The van der Waals surface area contributed by atoms with Crippen molar-refractivity contribution in [2.45, 2.75) is 13.5 Å². The van der Waals surface area contributed by atoms with Crippen molar-refractivity contribution in [3.05, 3.63) is 59.4 Å². The Labute approximate surface area is 101 Å². The Bertz CT molecular complexity index is 500. The van der Waals surface area contributed by atoms with Crippen molar-refractivity contribution in [2.24, 2.45) is 5.73 Å². The summed E-state index contributed by atoms with van der Waals surface area (Å²) in [6, 6.07) is 12.3. The fourth-order valence-electron chi connectivity index (χ4n) is 1.70. The van der Waals surface area contributed by atoms with E-state index >= 15 is 0 Å². The van der Waals surface area contributed by atoms with E-state index in [4.69, 9.17) is 18.0 Å². The summed E-state index contributed by atoms with van der Waals surface area (Å²) in [5.74, 6) is 0. The summed E-state index contributed by atoms with van der Waals surface area (Å²) in [5, 5.41) is 0. The summed E-state index contributed by atoms with van der Waals surface area (Å²) in [4.78, 5) is 0.454. The highest BCUT2D eigenvalue weighted by atomic mass is 32.1. The Hall–Kier alpha value is -1.61. The highest BCUT2D eigenvalue weighted by Gasteiger charge is 2.04. The number of hydrogen-bond donors (Lipinski definition) is 1. The van der Waals surface area contributed by atoms with Crippen LogP contribution in [-0.2, 0) is 6.54 Å². The lowest BCUT2D eigenvalue weighted by Crippen LogP contribution is -2.08. The molecule has 0 aliphatic carbocycles. The zero-order valence-corrected chi connectivity index (χ0v) is 10.00. The molecule has 1 aromatic carbocycles. The van der Waals surface area contributed by atoms with Crippen LogP contribution in [0, 0.1) is 6.92 Å². The van der Waals surface area contributed by atoms with E-state index in [-0.39, 0.29) is 0 Å². The molecular weight excluding hydrogens is 216 g/mol. The molecule has 0 saturated carbocycles. The van der Waals surface area contributed by atoms with Gasteiger partial charge in [-0.15, -0.1) is 0 Å². The number of benzene rings is 1. The van der Waals surface area contributed by atoms with Gasteiger partial charge < -0.3 is 10.3 Å². The van der Waals surface area contributed by atoms with Gasteiger partial charge in [-0.2, -0.15) is 0 Å². The maximum atomic E-state index is 5.61. The summed E-state index contributed by atoms with van der Waals surface area (Å²) in [6.07, 6.45) is 2.00. The van der Waals surface area contributed by atoms with Gasteiger partial charge in [0.05, 0.1) is 0 Å². The van der Waals surface area contributed by atoms with Crippen LogP contribution in [0.15, 0.2) is 42.6 Å². The van der Waals surface area contributed by atoms with Crippen molar-refractivity contribution in [1.29, 1.82) is 0 Å². The predicted octanol–water partition coefficient (Wildman–Crippen LogP) is 2.48. The normalized spacial score (nSPS) is 10.3. The Balaban J connectivity index is 2.25. The molecule has 0 radical (unpaired) electrons. The lowest BCUT2D eigenvalue weighted by Gasteiger charge is -2.05. The number of nitrogens with zero attached hydrogens (tertiary/aromatic N) is 1. The van der Waals surface area contributed by atoms with Crippen LogP contribution in [0.1, 0.15) is 16.8 Å². The van der Waals surface area contributed by atoms with Gasteiger partial charge in [-0.3, -0.25) is 0 Å². The van der Waals surface area contributed by atoms with E-state index in [1.54, 1.807) is 0 Å². The van der Waals surface area contributed by atoms with Gasteiger partial charge >= 0.3 is 0 Å². The maximum absolute atomic E-state index is 5.61. The van der Waals surface area contributed by atoms with Crippen molar-refractivity contribution in [2.75, 3.05) is 0 Å². The molecule has 0 spiro atoms. The molecule has 0 bridgehead atoms. The molecule has 2 aromatic rings. The molecule has 82 valence electrons. The first-order valence-electron chi connectivity index (χ1n) is 5.17. The molecule has 16 heavy (non-hydrogen) atoms. The van der Waals surface area contributed by atoms with Gasteiger partial charge in [-0.1, -0.05) is 42.5 Å². The van der Waals surface area contributed by atoms with Gasteiger partial charge in [0.25, 0.3) is 0 Å². The minimum absolute atomic E-state index is 0.454. The predicted molar refractivity (Wildman–Crippen MR) is 70.6 cm³/mol. The second-order valence-corrected chi connectivity index (χ2v) is 4.29. The van der Waals surface area contributed by atoms with Crippen LogP contribution < -0.4 is 5.73 Å². The molecule has 2 nitrogen and oxygen atoms in total. The molecule has 2 N–H and O–H groups in total. The van der Waals surface area contributed by atoms with Gasteiger partial charge in [-0.05, 0) is 18.6 Å². The lowest BCUT2D eigenvalue weighted by atomic mass is 10.2. The van der Waals surface area contributed by atoms with Gasteiger partial charge in [0.2, 0.25) is 0 Å². The van der Waals surface area contributed by atoms with E-state index in [9.17, 15) is 0 Å². The number of aromatic nitrogens is 1. The largest absolute Gasteiger partial charge is 0.389 e. The minimum atomic E-state index is 0.454. The SMILES string of the molecule is Cc1cc(C(N)=S)cn1Cc1ccccc1. The second-order valence-electron chi connectivity index (χ2n) is 3.85. The van der Waals surface area contributed by atoms with Gasteiger partial charge in [0.1, 0.15) is 4.99 Å². The van der Waals surface area contributed by atoms with Gasteiger partial charge in [0.15, 0.2) is 0 Å². The maximum Gasteiger partial charge on any atom is 0.105 e. The van der Waals surface area contributed by atoms with Gasteiger partial charge in [0, 0.05) is 24.0 Å². The molecule has 0 fully saturated rings. The van der Waals surface area contributed by atoms with Gasteiger partial charge in [-0.25, -0.2) is 0 Å². The van der Waals surface area contributed by atoms with Crippen LogP contribution >= 0.6 is 12.2 Å². The van der Waals surface area contributed by atoms with E-state index in [0.717, 1.165) is 12.1 Å². The molecule has 1 heterocycles. The van der Waals surface area contributed by atoms with Crippen molar-refractivity contribution < 1.29 is 0 Å². The first-order valence-corrected chi connectivity index (χ1v) is 5.58. The molecule has 0 atom stereocenters. The van der Waals surface area contributed by atoms with Crippen LogP contribution in [0.3, 0.4) is 0 Å². The van der Waals surface area contributed by atoms with Crippen LogP contribution in [0.5, 0.6) is 0 Å². The molecule has 0 amide bonds. The number of aryl methyl sites for hydroxylation is 1. The second kappa shape index (κ2) is 4.49. The smallest absolute Gasteiger partial charge is 0.105 e. The first kappa shape index (κ1) is 10.9. The Morgan fingerprint density at radius 2 is 2.00 bits per heavy atom. The number of hydrogen-bond acceptors (Lipinski definition) is 1. The Kier molecular flexibility index (Phi) is 3.06. The van der Waals surface area contributed by atoms with Crippen molar-refractivity contribution >= 4 is 17.2 Å². The van der Waals surface area contributed by atoms with Crippen LogP contribution in [0.4, 0.5) is 0 Å². The third kappa shape index (κ3) is 2.31. The number of rotatable bonds is 3. The Morgan fingerprint density at radius 1 is 1.31 bits per heavy atom. The van der Waals surface area contributed by atoms with Crippen LogP contribution in [0.25, 0.3) is 0 Å². The third-order valence-electron chi connectivity index (χ3n) is 2.59. The quantitative estimate of drug-likeness (QED) is 0.821. The van der Waals surface area contributed by atoms with E-state index < -0.39 is 0 Å². The average molecular weight is 230 g/mol. The highest BCUT2D eigenvalue weighted by Crippen LogP contribution is 2.11. The molecule has 3 heteroatoms. The zero-order chi connectivity index (χ0) is 11.5. The lowest BCUT2D eigenvalue weighted by molar-refractivity contribution is 0.776. The molecule has 0 aliphatic rings. The summed E-state index contributed by atoms with van der Waals surface area (Å²) < 4.78 is 2.16. The summed E-state index contributed by atoms with van der Waals surface area (Å²) in [5.41, 5.74) is 8.99. The average Bonchev–Trinajstić information content (AvgIpc) is 2.62. The van der Waals surface area contributed by atoms with Crippen molar-refractivity contribution in [3.8, 4) is 0 Å². The van der Waals surface area contributed by atoms with Crippen LogP contribution in [0.2, 0.25) is 0 Å². The van der Waals surface area contributed by atoms with E-state index in [2.05, 4.69) is 23.6 Å². The fourth-order valence-corrected chi connectivity index (χ4v) is 1.81. The van der Waals surface area contributed by atoms with E-state index in [1.807, 2.05) is 30.5 Å². The Morgan fingerprint density at radius 3 is 2.56 bits per heavy atom. The standard InChI is InChI=1S/C13H14N2S/c1-10-7-12(13(14)16)9-15(10)8-11-5-3-2-4-6-11/h2-7,9H,8H2,1H3,(H2,14,16). The summed E-state index contributed by atoms with van der Waals surface area (Å²) >= 11 is 4.96. The molecule has 2 rings (SSSR count). The molecule has 0 unspecified atom stereocenters. The monoisotopic (exact) mass is 230 g/mol.